The largest absolute Gasteiger partial charge is 0.492 e. The fourth-order valence-electron chi connectivity index (χ4n) is 0.990. The van der Waals surface area contributed by atoms with Gasteiger partial charge in [0.2, 0.25) is 0 Å². The summed E-state index contributed by atoms with van der Waals surface area (Å²) >= 11 is 0. The van der Waals surface area contributed by atoms with Gasteiger partial charge in [-0.05, 0) is 25.1 Å². The number of hydrogen-bond acceptors (Lipinski definition) is 2. The molecular weight excluding hydrogens is 243 g/mol. The van der Waals surface area contributed by atoms with E-state index in [0.717, 1.165) is 12.1 Å². The van der Waals surface area contributed by atoms with E-state index in [4.69, 9.17) is 10.5 Å². The molecule has 1 aromatic carbocycles. The molecule has 0 spiro atoms. The highest BCUT2D eigenvalue weighted by atomic mass is 35.5. The Bertz CT molecular complexity index is 328. The highest BCUT2D eigenvalue weighted by Crippen LogP contribution is 2.31. The van der Waals surface area contributed by atoms with Gasteiger partial charge in [0.25, 0.3) is 0 Å². The number of hydrogen-bond donors (Lipinski definition) is 1. The average Bonchev–Trinajstić information content (AvgIpc) is 2.14. The van der Waals surface area contributed by atoms with Gasteiger partial charge in [0.1, 0.15) is 12.4 Å². The number of rotatable bonds is 3. The van der Waals surface area contributed by atoms with Crippen LogP contribution in [0.2, 0.25) is 0 Å². The molecular formula is C10H13ClF3NO. The maximum absolute atomic E-state index is 12.3. The fraction of sp³-hybridized carbons (Fsp3) is 0.400. The van der Waals surface area contributed by atoms with E-state index in [1.807, 2.05) is 0 Å². The maximum Gasteiger partial charge on any atom is 0.416 e. The summed E-state index contributed by atoms with van der Waals surface area (Å²) in [5.41, 5.74) is 4.70. The van der Waals surface area contributed by atoms with E-state index in [9.17, 15) is 13.2 Å². The lowest BCUT2D eigenvalue weighted by Gasteiger charge is -2.11. The van der Waals surface area contributed by atoms with Crippen molar-refractivity contribution >= 4 is 12.4 Å². The molecule has 0 radical (unpaired) electrons. The van der Waals surface area contributed by atoms with Crippen LogP contribution in [0.15, 0.2) is 24.3 Å². The Morgan fingerprint density at radius 3 is 2.50 bits per heavy atom. The molecule has 1 rings (SSSR count). The van der Waals surface area contributed by atoms with Crippen LogP contribution < -0.4 is 10.5 Å². The molecule has 16 heavy (non-hydrogen) atoms. The van der Waals surface area contributed by atoms with E-state index in [1.165, 1.54) is 12.1 Å². The SMILES string of the molecule is CC(N)COc1cccc(C(F)(F)F)c1.Cl. The average molecular weight is 256 g/mol. The minimum atomic E-state index is -4.34. The number of nitrogens with two attached hydrogens (primary N) is 1. The standard InChI is InChI=1S/C10H12F3NO.ClH/c1-7(14)6-15-9-4-2-3-8(5-9)10(11,12)13;/h2-5,7H,6,14H2,1H3;1H. The Morgan fingerprint density at radius 2 is 2.00 bits per heavy atom. The summed E-state index contributed by atoms with van der Waals surface area (Å²) in [7, 11) is 0. The monoisotopic (exact) mass is 255 g/mol. The van der Waals surface area contributed by atoms with Crippen molar-refractivity contribution in [1.29, 1.82) is 0 Å². The van der Waals surface area contributed by atoms with Crippen molar-refractivity contribution in [2.75, 3.05) is 6.61 Å². The van der Waals surface area contributed by atoms with Crippen LogP contribution in [0.3, 0.4) is 0 Å². The fourth-order valence-corrected chi connectivity index (χ4v) is 0.990. The highest BCUT2D eigenvalue weighted by Gasteiger charge is 2.30. The van der Waals surface area contributed by atoms with Crippen LogP contribution in [0.4, 0.5) is 13.2 Å². The molecule has 0 saturated carbocycles. The molecule has 0 saturated heterocycles. The summed E-state index contributed by atoms with van der Waals surface area (Å²) in [5.74, 6) is 0.183. The van der Waals surface area contributed by atoms with Crippen molar-refractivity contribution < 1.29 is 17.9 Å². The summed E-state index contributed by atoms with van der Waals surface area (Å²) in [4.78, 5) is 0. The highest BCUT2D eigenvalue weighted by molar-refractivity contribution is 5.85. The summed E-state index contributed by atoms with van der Waals surface area (Å²) in [6.45, 7) is 1.91. The smallest absolute Gasteiger partial charge is 0.416 e. The molecule has 2 N–H and O–H groups in total. The van der Waals surface area contributed by atoms with Gasteiger partial charge < -0.3 is 10.5 Å². The Morgan fingerprint density at radius 1 is 1.38 bits per heavy atom. The first kappa shape index (κ1) is 15.1. The maximum atomic E-state index is 12.3. The number of ether oxygens (including phenoxy) is 1. The van der Waals surface area contributed by atoms with E-state index >= 15 is 0 Å². The minimum absolute atomic E-state index is 0. The predicted molar refractivity (Wildman–Crippen MR) is 57.8 cm³/mol. The second-order valence-corrected chi connectivity index (χ2v) is 3.31. The van der Waals surface area contributed by atoms with E-state index in [0.29, 0.717) is 0 Å². The molecule has 1 aromatic rings. The van der Waals surface area contributed by atoms with Crippen LogP contribution in [-0.2, 0) is 6.18 Å². The van der Waals surface area contributed by atoms with Gasteiger partial charge in [-0.3, -0.25) is 0 Å². The second kappa shape index (κ2) is 5.96. The normalized spacial score (nSPS) is 12.8. The number of alkyl halides is 3. The third-order valence-electron chi connectivity index (χ3n) is 1.67. The van der Waals surface area contributed by atoms with Gasteiger partial charge in [-0.1, -0.05) is 6.07 Å². The molecule has 0 aromatic heterocycles. The van der Waals surface area contributed by atoms with Gasteiger partial charge in [0.15, 0.2) is 0 Å². The van der Waals surface area contributed by atoms with Crippen molar-refractivity contribution in [3.8, 4) is 5.75 Å². The van der Waals surface area contributed by atoms with Crippen LogP contribution >= 0.6 is 12.4 Å². The van der Waals surface area contributed by atoms with Gasteiger partial charge in [-0.15, -0.1) is 12.4 Å². The van der Waals surface area contributed by atoms with Gasteiger partial charge >= 0.3 is 6.18 Å². The van der Waals surface area contributed by atoms with Crippen LogP contribution in [0, 0.1) is 0 Å². The lowest BCUT2D eigenvalue weighted by atomic mass is 10.2. The van der Waals surface area contributed by atoms with Crippen molar-refractivity contribution in [3.05, 3.63) is 29.8 Å². The Hall–Kier alpha value is -0.940. The third-order valence-corrected chi connectivity index (χ3v) is 1.67. The van der Waals surface area contributed by atoms with Gasteiger partial charge in [0, 0.05) is 6.04 Å². The number of benzene rings is 1. The molecule has 1 atom stereocenters. The summed E-state index contributed by atoms with van der Waals surface area (Å²) in [6, 6.07) is 4.53. The lowest BCUT2D eigenvalue weighted by molar-refractivity contribution is -0.137. The Kier molecular flexibility index (Phi) is 5.61. The van der Waals surface area contributed by atoms with Crippen molar-refractivity contribution in [1.82, 2.24) is 0 Å². The summed E-state index contributed by atoms with van der Waals surface area (Å²) < 4.78 is 41.9. The quantitative estimate of drug-likeness (QED) is 0.901. The van der Waals surface area contributed by atoms with Crippen molar-refractivity contribution in [2.24, 2.45) is 5.73 Å². The molecule has 0 aliphatic carbocycles. The third kappa shape index (κ3) is 4.72. The Balaban J connectivity index is 0.00000225. The molecule has 0 fully saturated rings. The van der Waals surface area contributed by atoms with E-state index in [1.54, 1.807) is 6.92 Å². The van der Waals surface area contributed by atoms with Crippen molar-refractivity contribution in [2.45, 2.75) is 19.1 Å². The first-order valence-electron chi connectivity index (χ1n) is 4.45. The molecule has 6 heteroatoms. The van der Waals surface area contributed by atoms with Crippen LogP contribution in [0.1, 0.15) is 12.5 Å². The van der Waals surface area contributed by atoms with Gasteiger partial charge in [0.05, 0.1) is 5.56 Å². The van der Waals surface area contributed by atoms with Crippen LogP contribution in [0.5, 0.6) is 5.75 Å². The van der Waals surface area contributed by atoms with E-state index < -0.39 is 11.7 Å². The lowest BCUT2D eigenvalue weighted by Crippen LogP contribution is -2.23. The number of halogens is 4. The molecule has 1 unspecified atom stereocenters. The molecule has 0 aliphatic heterocycles. The predicted octanol–water partition coefficient (Wildman–Crippen LogP) is 2.85. The minimum Gasteiger partial charge on any atom is -0.492 e. The molecule has 0 heterocycles. The molecule has 0 amide bonds. The molecule has 0 aliphatic rings. The zero-order valence-electron chi connectivity index (χ0n) is 8.62. The molecule has 92 valence electrons. The zero-order valence-corrected chi connectivity index (χ0v) is 9.44. The topological polar surface area (TPSA) is 35.2 Å². The first-order chi connectivity index (χ1) is 6.89. The summed E-state index contributed by atoms with van der Waals surface area (Å²) in [6.07, 6.45) is -4.34. The van der Waals surface area contributed by atoms with Crippen molar-refractivity contribution in [3.63, 3.8) is 0 Å². The molecule has 2 nitrogen and oxygen atoms in total. The Labute approximate surface area is 98.0 Å². The summed E-state index contributed by atoms with van der Waals surface area (Å²) in [5, 5.41) is 0. The van der Waals surface area contributed by atoms with Gasteiger partial charge in [-0.25, -0.2) is 0 Å². The van der Waals surface area contributed by atoms with E-state index in [-0.39, 0.29) is 30.8 Å². The van der Waals surface area contributed by atoms with Gasteiger partial charge in [-0.2, -0.15) is 13.2 Å². The molecule has 0 bridgehead atoms. The van der Waals surface area contributed by atoms with E-state index in [2.05, 4.69) is 0 Å². The van der Waals surface area contributed by atoms with Crippen LogP contribution in [-0.4, -0.2) is 12.6 Å². The first-order valence-corrected chi connectivity index (χ1v) is 4.45. The zero-order chi connectivity index (χ0) is 11.5. The second-order valence-electron chi connectivity index (χ2n) is 3.31. The van der Waals surface area contributed by atoms with Crippen LogP contribution in [0.25, 0.3) is 0 Å².